The molecule has 0 saturated carbocycles. The number of nitro groups is 1. The van der Waals surface area contributed by atoms with Gasteiger partial charge in [0, 0.05) is 37.6 Å². The molecule has 2 rings (SSSR count). The molecule has 0 aliphatic carbocycles. The van der Waals surface area contributed by atoms with Gasteiger partial charge in [0.15, 0.2) is 0 Å². The molecule has 1 heterocycles. The Morgan fingerprint density at radius 1 is 1.20 bits per heavy atom. The molecule has 6 heteroatoms. The van der Waals surface area contributed by atoms with Crippen LogP contribution in [0.4, 0.5) is 5.00 Å². The quantitative estimate of drug-likeness (QED) is 0.628. The van der Waals surface area contributed by atoms with E-state index in [9.17, 15) is 10.1 Å². The van der Waals surface area contributed by atoms with Gasteiger partial charge in [0.05, 0.1) is 4.92 Å². The Bertz CT molecular complexity index is 557. The molecule has 0 bridgehead atoms. The molecule has 2 aromatic rings. The fourth-order valence-electron chi connectivity index (χ4n) is 2.04. The minimum Gasteiger partial charge on any atom is -0.329 e. The van der Waals surface area contributed by atoms with Crippen LogP contribution in [0, 0.1) is 10.1 Å². The Morgan fingerprint density at radius 3 is 2.50 bits per heavy atom. The minimum atomic E-state index is -0.349. The summed E-state index contributed by atoms with van der Waals surface area (Å²) >= 11 is 1.17. The Balaban J connectivity index is 2.02. The van der Waals surface area contributed by atoms with Crippen LogP contribution in [0.2, 0.25) is 0 Å². The van der Waals surface area contributed by atoms with E-state index < -0.39 is 0 Å². The van der Waals surface area contributed by atoms with Gasteiger partial charge in [-0.25, -0.2) is 0 Å². The molecule has 1 aromatic heterocycles. The zero-order valence-corrected chi connectivity index (χ0v) is 11.9. The van der Waals surface area contributed by atoms with Crippen molar-refractivity contribution in [3.8, 4) is 0 Å². The van der Waals surface area contributed by atoms with E-state index in [4.69, 9.17) is 5.73 Å². The molecule has 0 saturated heterocycles. The van der Waals surface area contributed by atoms with Gasteiger partial charge in [-0.15, -0.1) is 0 Å². The monoisotopic (exact) mass is 291 g/mol. The Kier molecular flexibility index (Phi) is 5.23. The van der Waals surface area contributed by atoms with Crippen molar-refractivity contribution in [3.63, 3.8) is 0 Å². The molecule has 0 amide bonds. The standard InChI is InChI=1S/C14H17N3O2S/c15-6-7-16(9-12-4-2-1-3-5-12)10-13-8-14(17(18)19)20-11-13/h1-5,8,11H,6-7,9-10,15H2. The highest BCUT2D eigenvalue weighted by molar-refractivity contribution is 7.13. The van der Waals surface area contributed by atoms with E-state index in [0.29, 0.717) is 13.1 Å². The van der Waals surface area contributed by atoms with Crippen LogP contribution in [0.3, 0.4) is 0 Å². The fraction of sp³-hybridized carbons (Fsp3) is 0.286. The van der Waals surface area contributed by atoms with E-state index in [0.717, 1.165) is 18.7 Å². The van der Waals surface area contributed by atoms with Crippen LogP contribution >= 0.6 is 11.3 Å². The Morgan fingerprint density at radius 2 is 1.90 bits per heavy atom. The number of hydrogen-bond donors (Lipinski definition) is 1. The van der Waals surface area contributed by atoms with E-state index in [-0.39, 0.29) is 9.92 Å². The van der Waals surface area contributed by atoms with Crippen LogP contribution < -0.4 is 5.73 Å². The maximum Gasteiger partial charge on any atom is 0.324 e. The van der Waals surface area contributed by atoms with Crippen LogP contribution in [-0.4, -0.2) is 22.9 Å². The van der Waals surface area contributed by atoms with Crippen LogP contribution in [-0.2, 0) is 13.1 Å². The van der Waals surface area contributed by atoms with Gasteiger partial charge < -0.3 is 5.73 Å². The van der Waals surface area contributed by atoms with E-state index >= 15 is 0 Å². The molecule has 0 unspecified atom stereocenters. The van der Waals surface area contributed by atoms with Crippen molar-refractivity contribution < 1.29 is 4.92 Å². The van der Waals surface area contributed by atoms with Gasteiger partial charge in [-0.2, -0.15) is 0 Å². The van der Waals surface area contributed by atoms with Crippen LogP contribution in [0.5, 0.6) is 0 Å². The van der Waals surface area contributed by atoms with E-state index in [2.05, 4.69) is 17.0 Å². The molecular weight excluding hydrogens is 274 g/mol. The highest BCUT2D eigenvalue weighted by Crippen LogP contribution is 2.23. The molecule has 2 N–H and O–H groups in total. The van der Waals surface area contributed by atoms with E-state index in [1.54, 1.807) is 6.07 Å². The zero-order chi connectivity index (χ0) is 14.4. The number of nitrogens with zero attached hydrogens (tertiary/aromatic N) is 2. The SMILES string of the molecule is NCCN(Cc1ccccc1)Cc1csc([N+](=O)[O-])c1. The first-order valence-electron chi connectivity index (χ1n) is 6.37. The zero-order valence-electron chi connectivity index (χ0n) is 11.1. The molecule has 0 aliphatic heterocycles. The lowest BCUT2D eigenvalue weighted by Gasteiger charge is -2.21. The largest absolute Gasteiger partial charge is 0.329 e. The number of thiophene rings is 1. The highest BCUT2D eigenvalue weighted by atomic mass is 32.1. The van der Waals surface area contributed by atoms with Gasteiger partial charge in [0.1, 0.15) is 0 Å². The van der Waals surface area contributed by atoms with Gasteiger partial charge in [0.25, 0.3) is 0 Å². The summed E-state index contributed by atoms with van der Waals surface area (Å²) in [4.78, 5) is 12.5. The first kappa shape index (κ1) is 14.6. The topological polar surface area (TPSA) is 72.4 Å². The highest BCUT2D eigenvalue weighted by Gasteiger charge is 2.12. The van der Waals surface area contributed by atoms with E-state index in [1.165, 1.54) is 16.9 Å². The summed E-state index contributed by atoms with van der Waals surface area (Å²) in [6, 6.07) is 11.8. The lowest BCUT2D eigenvalue weighted by molar-refractivity contribution is -0.380. The Labute approximate surface area is 121 Å². The maximum absolute atomic E-state index is 10.7. The third-order valence-electron chi connectivity index (χ3n) is 2.92. The molecule has 5 nitrogen and oxygen atoms in total. The second-order valence-corrected chi connectivity index (χ2v) is 5.42. The second kappa shape index (κ2) is 7.14. The molecule has 0 spiro atoms. The average Bonchev–Trinajstić information content (AvgIpc) is 2.89. The molecule has 0 aliphatic rings. The summed E-state index contributed by atoms with van der Waals surface area (Å²) in [5.74, 6) is 0. The summed E-state index contributed by atoms with van der Waals surface area (Å²) in [6.45, 7) is 2.80. The summed E-state index contributed by atoms with van der Waals surface area (Å²) in [5, 5.41) is 12.7. The van der Waals surface area contributed by atoms with Crippen LogP contribution in [0.25, 0.3) is 0 Å². The van der Waals surface area contributed by atoms with Crippen molar-refractivity contribution in [3.05, 3.63) is 63.0 Å². The van der Waals surface area contributed by atoms with Gasteiger partial charge in [0.2, 0.25) is 0 Å². The lowest BCUT2D eigenvalue weighted by Crippen LogP contribution is -2.28. The summed E-state index contributed by atoms with van der Waals surface area (Å²) in [5.41, 5.74) is 7.82. The Hall–Kier alpha value is -1.76. The number of nitrogens with two attached hydrogens (primary N) is 1. The van der Waals surface area contributed by atoms with E-state index in [1.807, 2.05) is 23.6 Å². The number of rotatable bonds is 7. The van der Waals surface area contributed by atoms with Crippen molar-refractivity contribution in [1.82, 2.24) is 4.90 Å². The van der Waals surface area contributed by atoms with Crippen LogP contribution in [0.15, 0.2) is 41.8 Å². The third kappa shape index (κ3) is 4.12. The minimum absolute atomic E-state index is 0.187. The first-order chi connectivity index (χ1) is 9.69. The van der Waals surface area contributed by atoms with Gasteiger partial charge >= 0.3 is 5.00 Å². The predicted molar refractivity (Wildman–Crippen MR) is 80.6 cm³/mol. The van der Waals surface area contributed by atoms with Crippen molar-refractivity contribution in [2.45, 2.75) is 13.1 Å². The second-order valence-electron chi connectivity index (χ2n) is 4.54. The van der Waals surface area contributed by atoms with Crippen molar-refractivity contribution in [2.24, 2.45) is 5.73 Å². The fourth-order valence-corrected chi connectivity index (χ4v) is 2.76. The molecule has 20 heavy (non-hydrogen) atoms. The number of hydrogen-bond acceptors (Lipinski definition) is 5. The molecule has 1 aromatic carbocycles. The first-order valence-corrected chi connectivity index (χ1v) is 7.25. The smallest absolute Gasteiger partial charge is 0.324 e. The van der Waals surface area contributed by atoms with Crippen molar-refractivity contribution in [2.75, 3.05) is 13.1 Å². The number of benzene rings is 1. The van der Waals surface area contributed by atoms with Gasteiger partial charge in [-0.1, -0.05) is 41.7 Å². The summed E-state index contributed by atoms with van der Waals surface area (Å²) in [6.07, 6.45) is 0. The van der Waals surface area contributed by atoms with Gasteiger partial charge in [-0.05, 0) is 11.1 Å². The molecule has 0 radical (unpaired) electrons. The molecule has 0 fully saturated rings. The normalized spacial score (nSPS) is 10.9. The summed E-state index contributed by atoms with van der Waals surface area (Å²) < 4.78 is 0. The predicted octanol–water partition coefficient (Wildman–Crippen LogP) is 2.62. The molecule has 106 valence electrons. The molecular formula is C14H17N3O2S. The van der Waals surface area contributed by atoms with Crippen molar-refractivity contribution >= 4 is 16.3 Å². The summed E-state index contributed by atoms with van der Waals surface area (Å²) in [7, 11) is 0. The maximum atomic E-state index is 10.7. The van der Waals surface area contributed by atoms with Crippen molar-refractivity contribution in [1.29, 1.82) is 0 Å². The molecule has 0 atom stereocenters. The average molecular weight is 291 g/mol. The van der Waals surface area contributed by atoms with Crippen LogP contribution in [0.1, 0.15) is 11.1 Å². The lowest BCUT2D eigenvalue weighted by atomic mass is 10.2. The third-order valence-corrected chi connectivity index (χ3v) is 3.85. The van der Waals surface area contributed by atoms with Gasteiger partial charge in [-0.3, -0.25) is 15.0 Å².